The maximum absolute atomic E-state index is 12.0. The number of rotatable bonds is 7. The van der Waals surface area contributed by atoms with Gasteiger partial charge in [-0.2, -0.15) is 0 Å². The Balaban J connectivity index is 0.916. The quantitative estimate of drug-likeness (QED) is 0.168. The van der Waals surface area contributed by atoms with E-state index in [2.05, 4.69) is 33.8 Å². The molecule has 0 bridgehead atoms. The molecule has 9 rings (SSSR count). The summed E-state index contributed by atoms with van der Waals surface area (Å²) in [5, 5.41) is 85.9. The van der Waals surface area contributed by atoms with Crippen molar-refractivity contribution in [1.29, 1.82) is 0 Å². The first-order chi connectivity index (χ1) is 28.9. The number of hydrogen-bond acceptors (Lipinski definition) is 16. The van der Waals surface area contributed by atoms with Crippen molar-refractivity contribution in [3.8, 4) is 0 Å². The van der Waals surface area contributed by atoms with Crippen molar-refractivity contribution < 1.29 is 78.7 Å². The minimum absolute atomic E-state index is 0.0171. The first kappa shape index (κ1) is 45.3. The van der Waals surface area contributed by atoms with Gasteiger partial charge in [0.2, 0.25) is 0 Å². The van der Waals surface area contributed by atoms with Gasteiger partial charge in [0, 0.05) is 12.3 Å². The van der Waals surface area contributed by atoms with Crippen molar-refractivity contribution in [3.63, 3.8) is 0 Å². The van der Waals surface area contributed by atoms with Crippen molar-refractivity contribution >= 4 is 0 Å². The second kappa shape index (κ2) is 16.8. The highest BCUT2D eigenvalue weighted by Gasteiger charge is 2.69. The standard InChI is InChI=1S/C45H72O16/c1-19-9-14-45(54-18-19)20(2)30-28(61-45)16-27-25-8-7-23-15-24(10-12-43(23,5)26(25)11-13-44(27,30)6)57-42-39(60-41-36(52)34(50)32(48)22(4)56-41)37(53)38(29(17-46)58-42)59-40-35(51)33(49)31(47)21(3)55-40/h7,19-22,24-42,46-53H,8-18H2,1-6H3/t19-,20+,21?,22?,24?,25-,26+,27+,28+,29?,30+,31+,32+,33+,34+,35?,36?,37+,38-,39?,40+,41+,42-,43+,44+,45-/m1/s1. The van der Waals surface area contributed by atoms with Crippen LogP contribution < -0.4 is 0 Å². The number of aliphatic hydroxyl groups is 8. The predicted octanol–water partition coefficient (Wildman–Crippen LogP) is 1.24. The number of hydrogen-bond donors (Lipinski definition) is 8. The molecule has 3 saturated carbocycles. The van der Waals surface area contributed by atoms with Crippen LogP contribution in [0.3, 0.4) is 0 Å². The zero-order chi connectivity index (χ0) is 43.5. The summed E-state index contributed by atoms with van der Waals surface area (Å²) in [6.45, 7) is 12.7. The van der Waals surface area contributed by atoms with Crippen LogP contribution in [0.15, 0.2) is 11.6 Å². The van der Waals surface area contributed by atoms with Crippen LogP contribution in [0.2, 0.25) is 0 Å². The summed E-state index contributed by atoms with van der Waals surface area (Å²) in [4.78, 5) is 0. The third-order valence-electron chi connectivity index (χ3n) is 17.6. The van der Waals surface area contributed by atoms with Crippen LogP contribution in [-0.2, 0) is 37.9 Å². The van der Waals surface area contributed by atoms with E-state index >= 15 is 0 Å². The van der Waals surface area contributed by atoms with Gasteiger partial charge in [-0.1, -0.05) is 39.3 Å². The summed E-state index contributed by atoms with van der Waals surface area (Å²) in [5.74, 6) is 2.64. The second-order valence-electron chi connectivity index (χ2n) is 21.1. The molecule has 0 aromatic rings. The highest BCUT2D eigenvalue weighted by atomic mass is 16.8. The lowest BCUT2D eigenvalue weighted by Gasteiger charge is -2.58. The SMILES string of the molecule is CC1O[C@@H](OC2[C@H](OC3CC[C@@]4(C)C(=CC[C@H]5[C@@H]6C[C@@H]7O[C@]8(CC[C@@H](C)CO8)[C@@H](C)[C@@H]7[C@@]6(C)CC[C@@H]54)C3)OC(CO)[C@@H](O[C@@H]3OC(C)[C@H](O)[C@H](O)C3O)[C@@H]2O)C(O)[C@@H](O)[C@H]1O. The van der Waals surface area contributed by atoms with Gasteiger partial charge in [0.1, 0.15) is 61.0 Å². The Morgan fingerprint density at radius 3 is 1.97 bits per heavy atom. The minimum atomic E-state index is -1.71. The number of fused-ring (bicyclic) bond motifs is 7. The molecule has 4 aliphatic carbocycles. The van der Waals surface area contributed by atoms with Crippen LogP contribution in [0.5, 0.6) is 0 Å². The van der Waals surface area contributed by atoms with E-state index in [-0.39, 0.29) is 23.0 Å². The van der Waals surface area contributed by atoms with Crippen LogP contribution in [0.1, 0.15) is 99.3 Å². The lowest BCUT2D eigenvalue weighted by molar-refractivity contribution is -0.388. The Labute approximate surface area is 358 Å². The highest BCUT2D eigenvalue weighted by molar-refractivity contribution is 5.26. The van der Waals surface area contributed by atoms with Crippen LogP contribution in [0, 0.1) is 46.3 Å². The molecule has 7 unspecified atom stereocenters. The van der Waals surface area contributed by atoms with Gasteiger partial charge < -0.3 is 78.7 Å². The summed E-state index contributed by atoms with van der Waals surface area (Å²) >= 11 is 0. The zero-order valence-corrected chi connectivity index (χ0v) is 36.5. The molecule has 0 aromatic heterocycles. The van der Waals surface area contributed by atoms with Crippen molar-refractivity contribution in [2.75, 3.05) is 13.2 Å². The lowest BCUT2D eigenvalue weighted by atomic mass is 9.47. The molecule has 8 N–H and O–H groups in total. The fourth-order valence-corrected chi connectivity index (χ4v) is 14.0. The fraction of sp³-hybridized carbons (Fsp3) is 0.956. The van der Waals surface area contributed by atoms with Crippen LogP contribution >= 0.6 is 0 Å². The van der Waals surface area contributed by atoms with E-state index in [4.69, 9.17) is 37.9 Å². The van der Waals surface area contributed by atoms with Crippen molar-refractivity contribution in [2.24, 2.45) is 46.3 Å². The van der Waals surface area contributed by atoms with Gasteiger partial charge in [0.05, 0.1) is 37.6 Å². The molecule has 26 atom stereocenters. The van der Waals surface area contributed by atoms with Gasteiger partial charge in [-0.3, -0.25) is 0 Å². The molecule has 9 aliphatic rings. The third kappa shape index (κ3) is 7.42. The summed E-state index contributed by atoms with van der Waals surface area (Å²) in [7, 11) is 0. The Morgan fingerprint density at radius 1 is 0.689 bits per heavy atom. The van der Waals surface area contributed by atoms with Gasteiger partial charge >= 0.3 is 0 Å². The molecule has 0 aromatic carbocycles. The topological polar surface area (TPSA) is 236 Å². The maximum atomic E-state index is 12.0. The first-order valence-corrected chi connectivity index (χ1v) is 23.2. The lowest BCUT2D eigenvalue weighted by Crippen LogP contribution is -2.66. The average Bonchev–Trinajstić information content (AvgIpc) is 3.69. The molecule has 8 fully saturated rings. The van der Waals surface area contributed by atoms with E-state index in [1.54, 1.807) is 0 Å². The molecular weight excluding hydrogens is 796 g/mol. The molecule has 1 spiro atoms. The summed E-state index contributed by atoms with van der Waals surface area (Å²) < 4.78 is 50.1. The molecule has 61 heavy (non-hydrogen) atoms. The molecule has 5 heterocycles. The molecule has 5 saturated heterocycles. The van der Waals surface area contributed by atoms with Crippen LogP contribution in [0.25, 0.3) is 0 Å². The summed E-state index contributed by atoms with van der Waals surface area (Å²) in [5.41, 5.74) is 1.53. The minimum Gasteiger partial charge on any atom is -0.394 e. The highest BCUT2D eigenvalue weighted by Crippen LogP contribution is 2.70. The molecule has 16 heteroatoms. The number of ether oxygens (including phenoxy) is 8. The molecule has 0 radical (unpaired) electrons. The predicted molar refractivity (Wildman–Crippen MR) is 213 cm³/mol. The average molecular weight is 869 g/mol. The number of aliphatic hydroxyl groups excluding tert-OH is 8. The largest absolute Gasteiger partial charge is 0.394 e. The van der Waals surface area contributed by atoms with Gasteiger partial charge in [0.15, 0.2) is 24.7 Å². The fourth-order valence-electron chi connectivity index (χ4n) is 14.0. The Kier molecular flexibility index (Phi) is 12.4. The molecule has 5 aliphatic heterocycles. The van der Waals surface area contributed by atoms with Gasteiger partial charge in [-0.25, -0.2) is 0 Å². The van der Waals surface area contributed by atoms with Crippen molar-refractivity contribution in [1.82, 2.24) is 0 Å². The van der Waals surface area contributed by atoms with Crippen LogP contribution in [-0.4, -0.2) is 164 Å². The van der Waals surface area contributed by atoms with Crippen molar-refractivity contribution in [2.45, 2.75) is 209 Å². The van der Waals surface area contributed by atoms with Gasteiger partial charge in [-0.15, -0.1) is 0 Å². The van der Waals surface area contributed by atoms with E-state index in [9.17, 15) is 40.9 Å². The molecular formula is C45H72O16. The van der Waals surface area contributed by atoms with Crippen molar-refractivity contribution in [3.05, 3.63) is 11.6 Å². The van der Waals surface area contributed by atoms with Crippen LogP contribution in [0.4, 0.5) is 0 Å². The molecule has 348 valence electrons. The van der Waals surface area contributed by atoms with Gasteiger partial charge in [0.25, 0.3) is 0 Å². The van der Waals surface area contributed by atoms with E-state index in [0.29, 0.717) is 48.3 Å². The normalized spacial score (nSPS) is 58.4. The molecule has 0 amide bonds. The van der Waals surface area contributed by atoms with E-state index < -0.39 is 105 Å². The van der Waals surface area contributed by atoms with E-state index in [1.165, 1.54) is 25.8 Å². The van der Waals surface area contributed by atoms with E-state index in [1.807, 2.05) is 0 Å². The molecule has 16 nitrogen and oxygen atoms in total. The Bertz CT molecular complexity index is 1590. The number of allylic oxidation sites excluding steroid dienone is 1. The maximum Gasteiger partial charge on any atom is 0.187 e. The van der Waals surface area contributed by atoms with Gasteiger partial charge in [-0.05, 0) is 106 Å². The Morgan fingerprint density at radius 2 is 1.34 bits per heavy atom. The monoisotopic (exact) mass is 868 g/mol. The van der Waals surface area contributed by atoms with E-state index in [0.717, 1.165) is 45.1 Å². The zero-order valence-electron chi connectivity index (χ0n) is 36.5. The third-order valence-corrected chi connectivity index (χ3v) is 17.6. The Hall–Kier alpha value is -0.900. The first-order valence-electron chi connectivity index (χ1n) is 23.2. The summed E-state index contributed by atoms with van der Waals surface area (Å²) in [6, 6.07) is 0. The second-order valence-corrected chi connectivity index (χ2v) is 21.1. The smallest absolute Gasteiger partial charge is 0.187 e. The summed E-state index contributed by atoms with van der Waals surface area (Å²) in [6.07, 6.45) is -10.4.